The van der Waals surface area contributed by atoms with Gasteiger partial charge in [-0.1, -0.05) is 31.7 Å². The Balaban J connectivity index is 2.16. The zero-order valence-electron chi connectivity index (χ0n) is 10.4. The van der Waals surface area contributed by atoms with Crippen LogP contribution in [-0.4, -0.2) is 17.0 Å². The Hall–Kier alpha value is -1.10. The largest absolute Gasteiger partial charge is 0.332 e. The molecule has 18 heavy (non-hydrogen) atoms. The molecule has 0 saturated heterocycles. The molecule has 0 bridgehead atoms. The summed E-state index contributed by atoms with van der Waals surface area (Å²) >= 11 is 1.54. The van der Waals surface area contributed by atoms with Crippen molar-refractivity contribution in [2.75, 3.05) is 11.1 Å². The Bertz CT molecular complexity index is 460. The van der Waals surface area contributed by atoms with E-state index in [9.17, 15) is 8.78 Å². The molecule has 1 heterocycles. The van der Waals surface area contributed by atoms with Crippen molar-refractivity contribution in [1.82, 2.24) is 0 Å². The number of amidine groups is 1. The highest BCUT2D eigenvalue weighted by atomic mass is 32.2. The van der Waals surface area contributed by atoms with Crippen LogP contribution in [-0.2, 0) is 0 Å². The van der Waals surface area contributed by atoms with E-state index in [1.54, 1.807) is 11.8 Å². The van der Waals surface area contributed by atoms with Gasteiger partial charge >= 0.3 is 0 Å². The van der Waals surface area contributed by atoms with Crippen LogP contribution in [0.1, 0.15) is 20.3 Å². The molecule has 0 amide bonds. The third kappa shape index (κ3) is 3.02. The zero-order valence-corrected chi connectivity index (χ0v) is 11.2. The lowest BCUT2D eigenvalue weighted by Gasteiger charge is -2.23. The van der Waals surface area contributed by atoms with Gasteiger partial charge in [0.25, 0.3) is 0 Å². The van der Waals surface area contributed by atoms with Gasteiger partial charge in [-0.2, -0.15) is 0 Å². The molecular weight excluding hydrogens is 254 g/mol. The van der Waals surface area contributed by atoms with Crippen LogP contribution < -0.4 is 5.32 Å². The molecule has 1 aliphatic rings. The summed E-state index contributed by atoms with van der Waals surface area (Å²) in [7, 11) is 0. The normalized spacial score (nSPS) is 19.8. The van der Waals surface area contributed by atoms with Crippen LogP contribution in [0, 0.1) is 17.6 Å². The Kier molecular flexibility index (Phi) is 4.22. The van der Waals surface area contributed by atoms with E-state index in [4.69, 9.17) is 0 Å². The van der Waals surface area contributed by atoms with Crippen molar-refractivity contribution in [2.24, 2.45) is 10.9 Å². The molecule has 1 atom stereocenters. The van der Waals surface area contributed by atoms with Crippen LogP contribution in [0.25, 0.3) is 0 Å². The number of benzene rings is 1. The number of anilines is 1. The summed E-state index contributed by atoms with van der Waals surface area (Å²) in [4.78, 5) is 4.53. The van der Waals surface area contributed by atoms with Crippen LogP contribution in [0.15, 0.2) is 23.2 Å². The van der Waals surface area contributed by atoms with Crippen molar-refractivity contribution in [3.8, 4) is 0 Å². The molecule has 0 fully saturated rings. The molecule has 0 spiro atoms. The fourth-order valence-electron chi connectivity index (χ4n) is 1.80. The predicted octanol–water partition coefficient (Wildman–Crippen LogP) is 3.89. The van der Waals surface area contributed by atoms with Gasteiger partial charge in [-0.25, -0.2) is 8.78 Å². The third-order valence-electron chi connectivity index (χ3n) is 2.90. The number of hydrogen-bond acceptors (Lipinski definition) is 3. The molecule has 0 aromatic heterocycles. The summed E-state index contributed by atoms with van der Waals surface area (Å²) in [5, 5.41) is 3.54. The van der Waals surface area contributed by atoms with Crippen LogP contribution in [0.5, 0.6) is 0 Å². The monoisotopic (exact) mass is 270 g/mol. The Morgan fingerprint density at radius 2 is 2.17 bits per heavy atom. The van der Waals surface area contributed by atoms with Crippen LogP contribution in [0.2, 0.25) is 0 Å². The predicted molar refractivity (Wildman–Crippen MR) is 73.1 cm³/mol. The topological polar surface area (TPSA) is 24.4 Å². The van der Waals surface area contributed by atoms with Gasteiger partial charge in [-0.3, -0.25) is 4.99 Å². The Morgan fingerprint density at radius 1 is 1.39 bits per heavy atom. The van der Waals surface area contributed by atoms with Crippen molar-refractivity contribution in [2.45, 2.75) is 26.3 Å². The van der Waals surface area contributed by atoms with Gasteiger partial charge in [0.2, 0.25) is 0 Å². The van der Waals surface area contributed by atoms with Gasteiger partial charge in [-0.15, -0.1) is 0 Å². The number of nitrogens with one attached hydrogen (secondary N) is 1. The first-order valence-corrected chi connectivity index (χ1v) is 6.98. The van der Waals surface area contributed by atoms with Crippen molar-refractivity contribution in [3.63, 3.8) is 0 Å². The van der Waals surface area contributed by atoms with E-state index in [1.807, 2.05) is 0 Å². The fraction of sp³-hybridized carbons (Fsp3) is 0.462. The second-order valence-corrected chi connectivity index (χ2v) is 5.69. The molecule has 5 heteroatoms. The number of aliphatic imine (C=N–C) groups is 1. The molecule has 98 valence electrons. The molecule has 1 aromatic carbocycles. The average Bonchev–Trinajstić information content (AvgIpc) is 2.35. The first-order valence-electron chi connectivity index (χ1n) is 5.99. The van der Waals surface area contributed by atoms with Gasteiger partial charge in [0.05, 0.1) is 11.7 Å². The second kappa shape index (κ2) is 5.69. The lowest BCUT2D eigenvalue weighted by Crippen LogP contribution is -2.24. The highest BCUT2D eigenvalue weighted by Gasteiger charge is 2.19. The fourth-order valence-corrected chi connectivity index (χ4v) is 2.74. The summed E-state index contributed by atoms with van der Waals surface area (Å²) in [5.41, 5.74) is 0.144. The number of rotatable bonds is 2. The second-order valence-electron chi connectivity index (χ2n) is 4.61. The lowest BCUT2D eigenvalue weighted by molar-refractivity contribution is 0.484. The number of thioether (sulfide) groups is 1. The highest BCUT2D eigenvalue weighted by Crippen LogP contribution is 2.25. The third-order valence-corrected chi connectivity index (χ3v) is 3.82. The first-order chi connectivity index (χ1) is 8.58. The summed E-state index contributed by atoms with van der Waals surface area (Å²) < 4.78 is 26.6. The molecule has 1 aliphatic heterocycles. The van der Waals surface area contributed by atoms with E-state index >= 15 is 0 Å². The summed E-state index contributed by atoms with van der Waals surface area (Å²) in [6.07, 6.45) is 1.03. The van der Waals surface area contributed by atoms with Crippen molar-refractivity contribution in [3.05, 3.63) is 29.8 Å². The molecule has 1 aromatic rings. The lowest BCUT2D eigenvalue weighted by atomic mass is 10.0. The maximum Gasteiger partial charge on any atom is 0.182 e. The quantitative estimate of drug-likeness (QED) is 0.881. The maximum atomic E-state index is 13.5. The molecular formula is C13H16F2N2S. The van der Waals surface area contributed by atoms with Gasteiger partial charge in [0.15, 0.2) is 16.8 Å². The van der Waals surface area contributed by atoms with Gasteiger partial charge < -0.3 is 5.32 Å². The Labute approximate surface area is 110 Å². The molecule has 0 radical (unpaired) electrons. The summed E-state index contributed by atoms with van der Waals surface area (Å²) in [5.74, 6) is -0.291. The maximum absolute atomic E-state index is 13.5. The Morgan fingerprint density at radius 3 is 2.89 bits per heavy atom. The molecule has 1 N–H and O–H groups in total. The SMILES string of the molecule is CC(C)C1CCSC(Nc2cccc(F)c2F)=N1. The van der Waals surface area contributed by atoms with E-state index < -0.39 is 11.6 Å². The van der Waals surface area contributed by atoms with Crippen molar-refractivity contribution < 1.29 is 8.78 Å². The van der Waals surface area contributed by atoms with E-state index in [-0.39, 0.29) is 11.7 Å². The molecule has 2 rings (SSSR count). The molecule has 2 nitrogen and oxygen atoms in total. The van der Waals surface area contributed by atoms with Crippen molar-refractivity contribution in [1.29, 1.82) is 0 Å². The molecule has 0 aliphatic carbocycles. The average molecular weight is 270 g/mol. The molecule has 1 unspecified atom stereocenters. The van der Waals surface area contributed by atoms with Crippen molar-refractivity contribution >= 4 is 22.6 Å². The number of halogens is 2. The molecule has 0 saturated carbocycles. The first kappa shape index (κ1) is 13.3. The number of hydrogen-bond donors (Lipinski definition) is 1. The summed E-state index contributed by atoms with van der Waals surface area (Å²) in [6.45, 7) is 4.23. The zero-order chi connectivity index (χ0) is 13.1. The minimum atomic E-state index is -0.854. The minimum Gasteiger partial charge on any atom is -0.332 e. The van der Waals surface area contributed by atoms with E-state index in [2.05, 4.69) is 24.2 Å². The van der Waals surface area contributed by atoms with E-state index in [0.29, 0.717) is 11.1 Å². The van der Waals surface area contributed by atoms with Gasteiger partial charge in [0.1, 0.15) is 0 Å². The minimum absolute atomic E-state index is 0.144. The highest BCUT2D eigenvalue weighted by molar-refractivity contribution is 8.14. The van der Waals surface area contributed by atoms with E-state index in [1.165, 1.54) is 12.1 Å². The van der Waals surface area contributed by atoms with Crippen LogP contribution in [0.3, 0.4) is 0 Å². The van der Waals surface area contributed by atoms with Gasteiger partial charge in [0, 0.05) is 5.75 Å². The smallest absolute Gasteiger partial charge is 0.182 e. The number of nitrogens with zero attached hydrogens (tertiary/aromatic N) is 1. The summed E-state index contributed by atoms with van der Waals surface area (Å²) in [6, 6.07) is 4.35. The standard InChI is InChI=1S/C13H16F2N2S/c1-8(2)10-6-7-18-13(16-10)17-11-5-3-4-9(14)12(11)15/h3-5,8,10H,6-7H2,1-2H3,(H,16,17). The van der Waals surface area contributed by atoms with E-state index in [0.717, 1.165) is 18.2 Å². The van der Waals surface area contributed by atoms with Gasteiger partial charge in [-0.05, 0) is 24.5 Å². The van der Waals surface area contributed by atoms with Crippen LogP contribution >= 0.6 is 11.8 Å². The van der Waals surface area contributed by atoms with Crippen LogP contribution in [0.4, 0.5) is 14.5 Å².